The number of nitrogens with one attached hydrogen (secondary N) is 2. The minimum atomic E-state index is -0.184. The third-order valence-electron chi connectivity index (χ3n) is 3.66. The summed E-state index contributed by atoms with van der Waals surface area (Å²) in [5.41, 5.74) is 0.990. The number of halogens is 2. The molecule has 0 heterocycles. The van der Waals surface area contributed by atoms with Gasteiger partial charge in [-0.1, -0.05) is 26.0 Å². The molecule has 0 aromatic heterocycles. The molecule has 0 saturated heterocycles. The van der Waals surface area contributed by atoms with E-state index in [4.69, 9.17) is 0 Å². The lowest BCUT2D eigenvalue weighted by molar-refractivity contribution is 0.300. The van der Waals surface area contributed by atoms with E-state index in [1.807, 2.05) is 6.07 Å². The Balaban J connectivity index is 0.00000484. The molecule has 1 aromatic rings. The Morgan fingerprint density at radius 1 is 1.17 bits per heavy atom. The van der Waals surface area contributed by atoms with Gasteiger partial charge in [-0.05, 0) is 50.2 Å². The van der Waals surface area contributed by atoms with Crippen LogP contribution in [0.25, 0.3) is 0 Å². The minimum absolute atomic E-state index is 0. The van der Waals surface area contributed by atoms with Crippen LogP contribution in [-0.4, -0.2) is 50.6 Å². The van der Waals surface area contributed by atoms with Crippen molar-refractivity contribution in [1.29, 1.82) is 0 Å². The Morgan fingerprint density at radius 2 is 1.87 bits per heavy atom. The molecule has 132 valence electrons. The maximum atomic E-state index is 13.1. The van der Waals surface area contributed by atoms with Gasteiger partial charge in [0.1, 0.15) is 5.82 Å². The summed E-state index contributed by atoms with van der Waals surface area (Å²) in [6, 6.07) is 6.71. The predicted octanol–water partition coefficient (Wildman–Crippen LogP) is 2.88. The Morgan fingerprint density at radius 3 is 2.48 bits per heavy atom. The molecular formula is C17H30FIN4. The molecule has 0 atom stereocenters. The van der Waals surface area contributed by atoms with Crippen LogP contribution in [0.5, 0.6) is 0 Å². The van der Waals surface area contributed by atoms with Gasteiger partial charge in [0.05, 0.1) is 0 Å². The van der Waals surface area contributed by atoms with Crippen molar-refractivity contribution < 1.29 is 4.39 Å². The maximum Gasteiger partial charge on any atom is 0.190 e. The number of hydrogen-bond acceptors (Lipinski definition) is 2. The van der Waals surface area contributed by atoms with Crippen molar-refractivity contribution in [2.75, 3.05) is 39.8 Å². The first-order valence-electron chi connectivity index (χ1n) is 8.10. The van der Waals surface area contributed by atoms with Gasteiger partial charge in [0.2, 0.25) is 0 Å². The van der Waals surface area contributed by atoms with E-state index < -0.39 is 0 Å². The molecule has 1 rings (SSSR count). The van der Waals surface area contributed by atoms with Gasteiger partial charge in [0, 0.05) is 20.1 Å². The quantitative estimate of drug-likeness (QED) is 0.271. The number of rotatable bonds is 9. The SMILES string of the molecule is CCN(CC)CCCNC(=NC)NCCc1cccc(F)c1.I. The van der Waals surface area contributed by atoms with E-state index in [-0.39, 0.29) is 29.8 Å². The first kappa shape index (κ1) is 22.1. The lowest BCUT2D eigenvalue weighted by Gasteiger charge is -2.18. The summed E-state index contributed by atoms with van der Waals surface area (Å²) >= 11 is 0. The van der Waals surface area contributed by atoms with Crippen molar-refractivity contribution in [2.45, 2.75) is 26.7 Å². The molecule has 1 aromatic carbocycles. The van der Waals surface area contributed by atoms with Crippen LogP contribution in [0.15, 0.2) is 29.3 Å². The molecule has 0 aliphatic heterocycles. The summed E-state index contributed by atoms with van der Waals surface area (Å²) in [7, 11) is 1.77. The van der Waals surface area contributed by atoms with Crippen LogP contribution in [0.4, 0.5) is 4.39 Å². The Hall–Kier alpha value is -0.890. The van der Waals surface area contributed by atoms with Crippen LogP contribution in [0.3, 0.4) is 0 Å². The fourth-order valence-electron chi connectivity index (χ4n) is 2.29. The molecule has 4 nitrogen and oxygen atoms in total. The molecule has 0 amide bonds. The summed E-state index contributed by atoms with van der Waals surface area (Å²) < 4.78 is 13.1. The van der Waals surface area contributed by atoms with Gasteiger partial charge in [-0.25, -0.2) is 4.39 Å². The van der Waals surface area contributed by atoms with Gasteiger partial charge in [-0.3, -0.25) is 4.99 Å². The van der Waals surface area contributed by atoms with Gasteiger partial charge in [-0.15, -0.1) is 24.0 Å². The molecular weight excluding hydrogens is 406 g/mol. The third-order valence-corrected chi connectivity index (χ3v) is 3.66. The molecule has 0 unspecified atom stereocenters. The lowest BCUT2D eigenvalue weighted by atomic mass is 10.1. The van der Waals surface area contributed by atoms with Crippen molar-refractivity contribution in [3.63, 3.8) is 0 Å². The van der Waals surface area contributed by atoms with E-state index in [9.17, 15) is 4.39 Å². The molecule has 0 aliphatic rings. The summed E-state index contributed by atoms with van der Waals surface area (Å²) in [6.07, 6.45) is 1.87. The van der Waals surface area contributed by atoms with Gasteiger partial charge in [-0.2, -0.15) is 0 Å². The van der Waals surface area contributed by atoms with Crippen molar-refractivity contribution in [2.24, 2.45) is 4.99 Å². The molecule has 2 N–H and O–H groups in total. The Kier molecular flexibility index (Phi) is 13.0. The molecule has 0 saturated carbocycles. The zero-order valence-electron chi connectivity index (χ0n) is 14.4. The first-order chi connectivity index (χ1) is 10.7. The van der Waals surface area contributed by atoms with E-state index in [0.29, 0.717) is 0 Å². The summed E-state index contributed by atoms with van der Waals surface area (Å²) in [6.45, 7) is 9.29. The maximum absolute atomic E-state index is 13.1. The topological polar surface area (TPSA) is 39.7 Å². The van der Waals surface area contributed by atoms with E-state index in [1.54, 1.807) is 19.2 Å². The monoisotopic (exact) mass is 436 g/mol. The van der Waals surface area contributed by atoms with Crippen molar-refractivity contribution in [1.82, 2.24) is 15.5 Å². The van der Waals surface area contributed by atoms with Gasteiger partial charge < -0.3 is 15.5 Å². The largest absolute Gasteiger partial charge is 0.356 e. The van der Waals surface area contributed by atoms with E-state index in [0.717, 1.165) is 57.1 Å². The van der Waals surface area contributed by atoms with E-state index in [1.165, 1.54) is 6.07 Å². The second kappa shape index (κ2) is 13.5. The zero-order chi connectivity index (χ0) is 16.2. The normalized spacial score (nSPS) is 11.3. The molecule has 6 heteroatoms. The summed E-state index contributed by atoms with van der Waals surface area (Å²) in [4.78, 5) is 6.61. The van der Waals surface area contributed by atoms with Gasteiger partial charge in [0.15, 0.2) is 5.96 Å². The predicted molar refractivity (Wildman–Crippen MR) is 107 cm³/mol. The second-order valence-corrected chi connectivity index (χ2v) is 5.19. The molecule has 0 aliphatic carbocycles. The van der Waals surface area contributed by atoms with Crippen LogP contribution in [0.1, 0.15) is 25.8 Å². The van der Waals surface area contributed by atoms with E-state index in [2.05, 4.69) is 34.4 Å². The Labute approximate surface area is 157 Å². The van der Waals surface area contributed by atoms with Crippen LogP contribution < -0.4 is 10.6 Å². The van der Waals surface area contributed by atoms with Crippen molar-refractivity contribution in [3.8, 4) is 0 Å². The minimum Gasteiger partial charge on any atom is -0.356 e. The van der Waals surface area contributed by atoms with Gasteiger partial charge in [0.25, 0.3) is 0 Å². The average molecular weight is 436 g/mol. The van der Waals surface area contributed by atoms with Crippen LogP contribution in [0, 0.1) is 5.82 Å². The van der Waals surface area contributed by atoms with Gasteiger partial charge >= 0.3 is 0 Å². The van der Waals surface area contributed by atoms with Crippen LogP contribution in [-0.2, 0) is 6.42 Å². The van der Waals surface area contributed by atoms with Crippen molar-refractivity contribution in [3.05, 3.63) is 35.6 Å². The highest BCUT2D eigenvalue weighted by atomic mass is 127. The third kappa shape index (κ3) is 9.76. The summed E-state index contributed by atoms with van der Waals surface area (Å²) in [5, 5.41) is 6.57. The fourth-order valence-corrected chi connectivity index (χ4v) is 2.29. The average Bonchev–Trinajstić information content (AvgIpc) is 2.53. The second-order valence-electron chi connectivity index (χ2n) is 5.19. The van der Waals surface area contributed by atoms with E-state index >= 15 is 0 Å². The van der Waals surface area contributed by atoms with Crippen LogP contribution in [0.2, 0.25) is 0 Å². The number of benzene rings is 1. The molecule has 0 radical (unpaired) electrons. The van der Waals surface area contributed by atoms with Crippen LogP contribution >= 0.6 is 24.0 Å². The highest BCUT2D eigenvalue weighted by molar-refractivity contribution is 14.0. The standard InChI is InChI=1S/C17H29FN4.HI/c1-4-22(5-2)13-7-11-20-17(19-3)21-12-10-15-8-6-9-16(18)14-15;/h6,8-9,14H,4-5,7,10-13H2,1-3H3,(H2,19,20,21);1H. The number of hydrogen-bond donors (Lipinski definition) is 2. The molecule has 0 bridgehead atoms. The zero-order valence-corrected chi connectivity index (χ0v) is 16.8. The number of aliphatic imine (C=N–C) groups is 1. The molecule has 0 spiro atoms. The Bertz CT molecular complexity index is 450. The number of guanidine groups is 1. The smallest absolute Gasteiger partial charge is 0.190 e. The highest BCUT2D eigenvalue weighted by Crippen LogP contribution is 2.03. The molecule has 0 fully saturated rings. The summed E-state index contributed by atoms with van der Waals surface area (Å²) in [5.74, 6) is 0.618. The number of nitrogens with zero attached hydrogens (tertiary/aromatic N) is 2. The first-order valence-corrected chi connectivity index (χ1v) is 8.10. The molecule has 23 heavy (non-hydrogen) atoms. The fraction of sp³-hybridized carbons (Fsp3) is 0.588. The van der Waals surface area contributed by atoms with Crippen molar-refractivity contribution >= 4 is 29.9 Å². The lowest BCUT2D eigenvalue weighted by Crippen LogP contribution is -2.39. The highest BCUT2D eigenvalue weighted by Gasteiger charge is 2.01.